The van der Waals surface area contributed by atoms with E-state index in [1.165, 1.54) is 0 Å². The van der Waals surface area contributed by atoms with Gasteiger partial charge in [-0.15, -0.1) is 0 Å². The third-order valence-electron chi connectivity index (χ3n) is 5.78. The number of hydrogen-bond donors (Lipinski definition) is 0. The van der Waals surface area contributed by atoms with Crippen molar-refractivity contribution in [3.8, 4) is 0 Å². The van der Waals surface area contributed by atoms with Crippen molar-refractivity contribution < 1.29 is 34.7 Å². The summed E-state index contributed by atoms with van der Waals surface area (Å²) < 4.78 is 69.9. The van der Waals surface area contributed by atoms with E-state index in [0.717, 1.165) is 47.9 Å². The second kappa shape index (κ2) is 10.6. The average molecular weight is 497 g/mol. The molecule has 4 rings (SSSR count). The van der Waals surface area contributed by atoms with Crippen LogP contribution in [0.3, 0.4) is 0 Å². The highest BCUT2D eigenvalue weighted by atomic mass is 32.2. The Balaban J connectivity index is 1.22. The number of rotatable bonds is 10. The van der Waals surface area contributed by atoms with E-state index in [-0.39, 0.29) is 0 Å². The van der Waals surface area contributed by atoms with Crippen molar-refractivity contribution in [2.75, 3.05) is 18.7 Å². The Kier molecular flexibility index (Phi) is 7.83. The zero-order chi connectivity index (χ0) is 23.3. The Labute approximate surface area is 195 Å². The molecule has 0 spiro atoms. The molecule has 2 aliphatic rings. The smallest absolute Gasteiger partial charge is 0.292 e. The number of benzene rings is 2. The lowest BCUT2D eigenvalue weighted by molar-refractivity contribution is -0.0262. The van der Waals surface area contributed by atoms with E-state index in [1.54, 1.807) is 0 Å². The van der Waals surface area contributed by atoms with Crippen LogP contribution >= 0.6 is 0 Å². The molecule has 180 valence electrons. The van der Waals surface area contributed by atoms with Gasteiger partial charge >= 0.3 is 0 Å². The predicted octanol–water partition coefficient (Wildman–Crippen LogP) is 3.74. The van der Waals surface area contributed by atoms with Crippen molar-refractivity contribution in [3.05, 3.63) is 70.8 Å². The molecule has 0 heterocycles. The number of ether oxygens (including phenoxy) is 2. The fourth-order valence-corrected chi connectivity index (χ4v) is 6.12. The molecule has 0 fully saturated rings. The van der Waals surface area contributed by atoms with Crippen LogP contribution in [0.1, 0.15) is 60.1 Å². The molecule has 0 N–H and O–H groups in total. The number of fused-ring (bicyclic) bond motifs is 2. The summed E-state index contributed by atoms with van der Waals surface area (Å²) in [6.45, 7) is -0.520. The first-order chi connectivity index (χ1) is 15.8. The minimum Gasteiger partial charge on any atom is -0.337 e. The normalized spacial score (nSPS) is 20.7. The first kappa shape index (κ1) is 24.3. The van der Waals surface area contributed by atoms with Crippen LogP contribution < -0.4 is 0 Å². The Morgan fingerprint density at radius 3 is 1.55 bits per heavy atom. The summed E-state index contributed by atoms with van der Waals surface area (Å²) in [5.41, 5.74) is 3.91. The van der Waals surface area contributed by atoms with Crippen LogP contribution in [0.25, 0.3) is 0 Å². The van der Waals surface area contributed by atoms with E-state index in [4.69, 9.17) is 17.8 Å². The van der Waals surface area contributed by atoms with Crippen molar-refractivity contribution in [2.24, 2.45) is 0 Å². The van der Waals surface area contributed by atoms with Crippen LogP contribution in [-0.2, 0) is 50.9 Å². The molecule has 0 saturated heterocycles. The number of aryl methyl sites for hydroxylation is 2. The maximum Gasteiger partial charge on any atom is 0.292 e. The Bertz CT molecular complexity index is 1070. The van der Waals surface area contributed by atoms with E-state index in [0.29, 0.717) is 12.8 Å². The summed E-state index contributed by atoms with van der Waals surface area (Å²) in [6.07, 6.45) is 3.58. The molecule has 2 aromatic carbocycles. The summed E-state index contributed by atoms with van der Waals surface area (Å²) in [7, 11) is -7.96. The van der Waals surface area contributed by atoms with Gasteiger partial charge in [0.1, 0.15) is 19.0 Å². The van der Waals surface area contributed by atoms with Crippen LogP contribution in [0, 0.1) is 0 Å². The Morgan fingerprint density at radius 1 is 0.667 bits per heavy atom. The van der Waals surface area contributed by atoms with Gasteiger partial charge < -0.3 is 9.47 Å². The van der Waals surface area contributed by atoms with Crippen molar-refractivity contribution in [3.63, 3.8) is 0 Å². The Hall–Kier alpha value is -1.82. The van der Waals surface area contributed by atoms with Gasteiger partial charge in [-0.25, -0.2) is 0 Å². The first-order valence-electron chi connectivity index (χ1n) is 11.0. The molecule has 0 saturated carbocycles. The standard InChI is InChI=1S/C23H28O8S2/c24-32(25,30-22-13-5-9-18-7-1-3-11-20(18)22)16-28-15-29-17-33(26,27)31-23-14-6-10-19-8-2-4-12-21(19)23/h1-4,7-8,11-12,22-23H,5-6,9-10,13-17H2. The number of hydrogen-bond acceptors (Lipinski definition) is 8. The zero-order valence-electron chi connectivity index (χ0n) is 18.2. The van der Waals surface area contributed by atoms with Crippen LogP contribution in [0.5, 0.6) is 0 Å². The maximum absolute atomic E-state index is 12.3. The molecule has 8 nitrogen and oxygen atoms in total. The molecule has 0 aliphatic heterocycles. The molecule has 0 bridgehead atoms. The van der Waals surface area contributed by atoms with Crippen molar-refractivity contribution in [1.82, 2.24) is 0 Å². The highest BCUT2D eigenvalue weighted by molar-refractivity contribution is 7.86. The quantitative estimate of drug-likeness (QED) is 0.278. The van der Waals surface area contributed by atoms with Crippen molar-refractivity contribution in [1.29, 1.82) is 0 Å². The fraction of sp³-hybridized carbons (Fsp3) is 0.478. The topological polar surface area (TPSA) is 105 Å². The van der Waals surface area contributed by atoms with Gasteiger partial charge in [0.15, 0.2) is 11.9 Å². The third kappa shape index (κ3) is 6.62. The van der Waals surface area contributed by atoms with Gasteiger partial charge in [0.05, 0.1) is 0 Å². The lowest BCUT2D eigenvalue weighted by Gasteiger charge is -2.25. The van der Waals surface area contributed by atoms with Crippen LogP contribution in [0.15, 0.2) is 48.5 Å². The second-order valence-electron chi connectivity index (χ2n) is 8.23. The summed E-state index contributed by atoms with van der Waals surface area (Å²) in [5, 5.41) is 0. The highest BCUT2D eigenvalue weighted by Crippen LogP contribution is 2.34. The minimum atomic E-state index is -3.98. The van der Waals surface area contributed by atoms with Gasteiger partial charge in [0, 0.05) is 0 Å². The van der Waals surface area contributed by atoms with E-state index in [2.05, 4.69) is 0 Å². The highest BCUT2D eigenvalue weighted by Gasteiger charge is 2.27. The van der Waals surface area contributed by atoms with Crippen molar-refractivity contribution in [2.45, 2.75) is 50.7 Å². The summed E-state index contributed by atoms with van der Waals surface area (Å²) in [6, 6.07) is 15.2. The van der Waals surface area contributed by atoms with Crippen LogP contribution in [-0.4, -0.2) is 35.5 Å². The fourth-order valence-electron chi connectivity index (χ4n) is 4.36. The maximum atomic E-state index is 12.3. The SMILES string of the molecule is O=S(=O)(COCOCS(=O)(=O)OC1CCCc2ccccc21)OC1CCCc2ccccc21. The van der Waals surface area contributed by atoms with E-state index in [1.807, 2.05) is 48.5 Å². The van der Waals surface area contributed by atoms with Crippen molar-refractivity contribution >= 4 is 20.2 Å². The molecule has 33 heavy (non-hydrogen) atoms. The van der Waals surface area contributed by atoms with Crippen LogP contribution in [0.2, 0.25) is 0 Å². The zero-order valence-corrected chi connectivity index (χ0v) is 19.9. The lowest BCUT2D eigenvalue weighted by atomic mass is 9.90. The summed E-state index contributed by atoms with van der Waals surface area (Å²) in [5.74, 6) is -1.47. The van der Waals surface area contributed by atoms with E-state index >= 15 is 0 Å². The molecule has 0 aromatic heterocycles. The molecule has 10 heteroatoms. The van der Waals surface area contributed by atoms with Gasteiger partial charge in [0.2, 0.25) is 0 Å². The first-order valence-corrected chi connectivity index (χ1v) is 14.1. The third-order valence-corrected chi connectivity index (χ3v) is 7.74. The van der Waals surface area contributed by atoms with Gasteiger partial charge in [-0.3, -0.25) is 8.37 Å². The average Bonchev–Trinajstić information content (AvgIpc) is 2.79. The molecular formula is C23H28O8S2. The minimum absolute atomic E-state index is 0.520. The lowest BCUT2D eigenvalue weighted by Crippen LogP contribution is -2.22. The van der Waals surface area contributed by atoms with E-state index < -0.39 is 51.1 Å². The molecule has 0 radical (unpaired) electrons. The van der Waals surface area contributed by atoms with E-state index in [9.17, 15) is 16.8 Å². The molecule has 0 amide bonds. The molecule has 2 unspecified atom stereocenters. The molecule has 2 aromatic rings. The monoisotopic (exact) mass is 496 g/mol. The second-order valence-corrected chi connectivity index (χ2v) is 11.3. The van der Waals surface area contributed by atoms with Gasteiger partial charge in [-0.05, 0) is 60.8 Å². The van der Waals surface area contributed by atoms with Gasteiger partial charge in [-0.1, -0.05) is 48.5 Å². The molecular weight excluding hydrogens is 468 g/mol. The van der Waals surface area contributed by atoms with Gasteiger partial charge in [-0.2, -0.15) is 16.8 Å². The van der Waals surface area contributed by atoms with Gasteiger partial charge in [0.25, 0.3) is 20.2 Å². The predicted molar refractivity (Wildman–Crippen MR) is 121 cm³/mol. The molecule has 2 aliphatic carbocycles. The summed E-state index contributed by atoms with van der Waals surface area (Å²) in [4.78, 5) is 0. The Morgan fingerprint density at radius 2 is 1.09 bits per heavy atom. The summed E-state index contributed by atoms with van der Waals surface area (Å²) >= 11 is 0. The largest absolute Gasteiger partial charge is 0.337 e. The molecule has 2 atom stereocenters. The van der Waals surface area contributed by atoms with Crippen LogP contribution in [0.4, 0.5) is 0 Å².